The molecule has 1 aliphatic heterocycles. The first-order valence-electron chi connectivity index (χ1n) is 6.15. The van der Waals surface area contributed by atoms with Gasteiger partial charge in [0.15, 0.2) is 9.84 Å². The molecule has 1 fully saturated rings. The zero-order valence-electron chi connectivity index (χ0n) is 10.4. The molecule has 1 aliphatic rings. The van der Waals surface area contributed by atoms with Crippen molar-refractivity contribution in [3.8, 4) is 0 Å². The van der Waals surface area contributed by atoms with E-state index in [4.69, 9.17) is 0 Å². The van der Waals surface area contributed by atoms with E-state index in [2.05, 4.69) is 21.2 Å². The molecule has 1 N–H and O–H groups in total. The molecule has 1 saturated heterocycles. The highest BCUT2D eigenvalue weighted by Gasteiger charge is 2.15. The van der Waals surface area contributed by atoms with Gasteiger partial charge in [0.2, 0.25) is 0 Å². The first-order chi connectivity index (χ1) is 8.45. The molecule has 0 amide bonds. The molecular weight excluding hydrogens is 314 g/mol. The molecule has 2 rings (SSSR count). The normalized spacial score (nSPS) is 17.9. The Hall–Kier alpha value is -0.390. The maximum absolute atomic E-state index is 11.6. The minimum Gasteiger partial charge on any atom is -0.317 e. The number of halogens is 1. The molecule has 1 heterocycles. The summed E-state index contributed by atoms with van der Waals surface area (Å²) >= 11 is 3.39. The van der Waals surface area contributed by atoms with Gasteiger partial charge in [-0.1, -0.05) is 15.9 Å². The average molecular weight is 332 g/mol. The van der Waals surface area contributed by atoms with Crippen LogP contribution in [-0.4, -0.2) is 27.8 Å². The van der Waals surface area contributed by atoms with Gasteiger partial charge < -0.3 is 5.32 Å². The third-order valence-corrected chi connectivity index (χ3v) is 4.89. The second-order valence-electron chi connectivity index (χ2n) is 4.96. The smallest absolute Gasteiger partial charge is 0.175 e. The van der Waals surface area contributed by atoms with Crippen LogP contribution in [0.25, 0.3) is 0 Å². The summed E-state index contributed by atoms with van der Waals surface area (Å²) in [6.07, 6.45) is 4.55. The predicted octanol–water partition coefficient (Wildman–Crippen LogP) is 2.39. The number of rotatable bonds is 3. The van der Waals surface area contributed by atoms with Gasteiger partial charge in [-0.2, -0.15) is 0 Å². The molecular formula is C13H18BrNO2S. The summed E-state index contributed by atoms with van der Waals surface area (Å²) in [4.78, 5) is 0.404. The molecule has 0 aliphatic carbocycles. The van der Waals surface area contributed by atoms with Crippen LogP contribution in [0, 0.1) is 5.92 Å². The first kappa shape index (κ1) is 14.0. The van der Waals surface area contributed by atoms with E-state index in [1.807, 2.05) is 12.1 Å². The van der Waals surface area contributed by atoms with Gasteiger partial charge in [-0.15, -0.1) is 0 Å². The Bertz CT molecular complexity index is 522. The minimum atomic E-state index is -3.13. The number of hydrogen-bond donors (Lipinski definition) is 1. The van der Waals surface area contributed by atoms with Gasteiger partial charge in [0.05, 0.1) is 4.90 Å². The van der Waals surface area contributed by atoms with Gasteiger partial charge in [-0.25, -0.2) is 8.42 Å². The number of nitrogens with one attached hydrogen (secondary N) is 1. The second kappa shape index (κ2) is 5.72. The Morgan fingerprint density at radius 2 is 1.94 bits per heavy atom. The highest BCUT2D eigenvalue weighted by Crippen LogP contribution is 2.24. The minimum absolute atomic E-state index is 0.404. The maximum Gasteiger partial charge on any atom is 0.175 e. The zero-order chi connectivity index (χ0) is 13.2. The van der Waals surface area contributed by atoms with Crippen molar-refractivity contribution in [2.45, 2.75) is 24.2 Å². The monoisotopic (exact) mass is 331 g/mol. The van der Waals surface area contributed by atoms with Crippen molar-refractivity contribution in [1.82, 2.24) is 5.32 Å². The Labute approximate surface area is 117 Å². The van der Waals surface area contributed by atoms with Crippen molar-refractivity contribution in [1.29, 1.82) is 0 Å². The van der Waals surface area contributed by atoms with Gasteiger partial charge in [0.25, 0.3) is 0 Å². The molecule has 0 bridgehead atoms. The Balaban J connectivity index is 2.20. The number of sulfone groups is 1. The average Bonchev–Trinajstić information content (AvgIpc) is 2.28. The van der Waals surface area contributed by atoms with E-state index in [0.717, 1.165) is 29.5 Å². The molecule has 5 heteroatoms. The molecule has 1 aromatic carbocycles. The van der Waals surface area contributed by atoms with Crippen LogP contribution in [0.1, 0.15) is 18.4 Å². The van der Waals surface area contributed by atoms with Crippen molar-refractivity contribution < 1.29 is 8.42 Å². The summed E-state index contributed by atoms with van der Waals surface area (Å²) in [5, 5.41) is 3.34. The van der Waals surface area contributed by atoms with Gasteiger partial charge in [-0.3, -0.25) is 0 Å². The van der Waals surface area contributed by atoms with Crippen molar-refractivity contribution in [3.63, 3.8) is 0 Å². The van der Waals surface area contributed by atoms with E-state index in [1.54, 1.807) is 6.07 Å². The fraction of sp³-hybridized carbons (Fsp3) is 0.538. The van der Waals surface area contributed by atoms with Gasteiger partial charge in [0.1, 0.15) is 0 Å². The third kappa shape index (κ3) is 3.80. The summed E-state index contributed by atoms with van der Waals surface area (Å²) in [6.45, 7) is 2.13. The molecule has 0 unspecified atom stereocenters. The van der Waals surface area contributed by atoms with E-state index >= 15 is 0 Å². The van der Waals surface area contributed by atoms with E-state index in [0.29, 0.717) is 10.8 Å². The maximum atomic E-state index is 11.6. The molecule has 18 heavy (non-hydrogen) atoms. The lowest BCUT2D eigenvalue weighted by Crippen LogP contribution is -2.28. The lowest BCUT2D eigenvalue weighted by atomic mass is 9.91. The van der Waals surface area contributed by atoms with Gasteiger partial charge in [-0.05, 0) is 62.0 Å². The quantitative estimate of drug-likeness (QED) is 0.925. The van der Waals surface area contributed by atoms with Crippen LogP contribution in [0.15, 0.2) is 27.6 Å². The third-order valence-electron chi connectivity index (χ3n) is 3.34. The zero-order valence-corrected chi connectivity index (χ0v) is 12.9. The van der Waals surface area contributed by atoms with Crippen LogP contribution in [0.3, 0.4) is 0 Å². The summed E-state index contributed by atoms with van der Waals surface area (Å²) in [6, 6.07) is 5.50. The van der Waals surface area contributed by atoms with Crippen LogP contribution < -0.4 is 5.32 Å². The first-order valence-corrected chi connectivity index (χ1v) is 8.84. The van der Waals surface area contributed by atoms with E-state index in [1.165, 1.54) is 19.1 Å². The summed E-state index contributed by atoms with van der Waals surface area (Å²) < 4.78 is 24.0. The van der Waals surface area contributed by atoms with E-state index < -0.39 is 9.84 Å². The van der Waals surface area contributed by atoms with Crippen molar-refractivity contribution in [2.24, 2.45) is 5.92 Å². The van der Waals surface area contributed by atoms with Crippen LogP contribution in [0.4, 0.5) is 0 Å². The summed E-state index contributed by atoms with van der Waals surface area (Å²) in [5.41, 5.74) is 1.11. The molecule has 0 atom stereocenters. The SMILES string of the molecule is CS(=O)(=O)c1cc(Br)cc(CC2CCNCC2)c1. The molecule has 0 radical (unpaired) electrons. The van der Waals surface area contributed by atoms with E-state index in [-0.39, 0.29) is 0 Å². The summed E-state index contributed by atoms with van der Waals surface area (Å²) in [5.74, 6) is 0.660. The molecule has 0 saturated carbocycles. The van der Waals surface area contributed by atoms with Crippen molar-refractivity contribution >= 4 is 25.8 Å². The lowest BCUT2D eigenvalue weighted by Gasteiger charge is -2.22. The lowest BCUT2D eigenvalue weighted by molar-refractivity contribution is 0.372. The van der Waals surface area contributed by atoms with Crippen molar-refractivity contribution in [2.75, 3.05) is 19.3 Å². The molecule has 1 aromatic rings. The Morgan fingerprint density at radius 1 is 1.28 bits per heavy atom. The van der Waals surface area contributed by atoms with Gasteiger partial charge >= 0.3 is 0 Å². The van der Waals surface area contributed by atoms with Crippen LogP contribution in [0.2, 0.25) is 0 Å². The summed E-state index contributed by atoms with van der Waals surface area (Å²) in [7, 11) is -3.13. The topological polar surface area (TPSA) is 46.2 Å². The standard InChI is InChI=1S/C13H18BrNO2S/c1-18(16,17)13-8-11(7-12(14)9-13)6-10-2-4-15-5-3-10/h7-10,15H,2-6H2,1H3. The largest absolute Gasteiger partial charge is 0.317 e. The van der Waals surface area contributed by atoms with Crippen LogP contribution in [0.5, 0.6) is 0 Å². The van der Waals surface area contributed by atoms with Gasteiger partial charge in [0, 0.05) is 10.7 Å². The molecule has 0 spiro atoms. The molecule has 3 nitrogen and oxygen atoms in total. The van der Waals surface area contributed by atoms with Crippen LogP contribution >= 0.6 is 15.9 Å². The highest BCUT2D eigenvalue weighted by atomic mass is 79.9. The second-order valence-corrected chi connectivity index (χ2v) is 7.90. The predicted molar refractivity (Wildman–Crippen MR) is 76.5 cm³/mol. The van der Waals surface area contributed by atoms with Crippen molar-refractivity contribution in [3.05, 3.63) is 28.2 Å². The highest BCUT2D eigenvalue weighted by molar-refractivity contribution is 9.10. The Kier molecular flexibility index (Phi) is 4.45. The fourth-order valence-corrected chi connectivity index (χ4v) is 3.77. The number of benzene rings is 1. The van der Waals surface area contributed by atoms with Crippen LogP contribution in [-0.2, 0) is 16.3 Å². The number of hydrogen-bond acceptors (Lipinski definition) is 3. The van der Waals surface area contributed by atoms with E-state index in [9.17, 15) is 8.42 Å². The number of piperidine rings is 1. The Morgan fingerprint density at radius 3 is 2.56 bits per heavy atom. The fourth-order valence-electron chi connectivity index (χ4n) is 2.37. The molecule has 100 valence electrons. The molecule has 0 aromatic heterocycles.